The van der Waals surface area contributed by atoms with E-state index in [0.29, 0.717) is 6.54 Å². The molecule has 0 bridgehead atoms. The van der Waals surface area contributed by atoms with Crippen LogP contribution in [0.3, 0.4) is 0 Å². The minimum Gasteiger partial charge on any atom is -0.350 e. The monoisotopic (exact) mass is 252 g/mol. The number of nitriles is 1. The van der Waals surface area contributed by atoms with Crippen LogP contribution in [0.2, 0.25) is 0 Å². The first-order valence-electron chi connectivity index (χ1n) is 6.59. The molecule has 0 aromatic heterocycles. The third kappa shape index (κ3) is 3.69. The van der Waals surface area contributed by atoms with E-state index in [9.17, 15) is 4.79 Å². The maximum absolute atomic E-state index is 12.2. The number of piperazine rings is 1. The zero-order valence-electron chi connectivity index (χ0n) is 11.8. The lowest BCUT2D eigenvalue weighted by Gasteiger charge is -2.37. The molecule has 0 aromatic carbocycles. The topological polar surface area (TPSA) is 68.2 Å². The van der Waals surface area contributed by atoms with E-state index >= 15 is 0 Å². The molecule has 5 heteroatoms. The van der Waals surface area contributed by atoms with E-state index in [1.165, 1.54) is 0 Å². The second-order valence-electron chi connectivity index (χ2n) is 5.49. The van der Waals surface area contributed by atoms with Crippen molar-refractivity contribution < 1.29 is 4.79 Å². The van der Waals surface area contributed by atoms with Crippen molar-refractivity contribution in [1.29, 1.82) is 5.26 Å². The van der Waals surface area contributed by atoms with E-state index in [0.717, 1.165) is 19.5 Å². The van der Waals surface area contributed by atoms with Gasteiger partial charge in [-0.3, -0.25) is 9.69 Å². The molecule has 102 valence electrons. The van der Waals surface area contributed by atoms with Gasteiger partial charge in [0.2, 0.25) is 5.91 Å². The van der Waals surface area contributed by atoms with Gasteiger partial charge in [-0.1, -0.05) is 6.92 Å². The van der Waals surface area contributed by atoms with Crippen molar-refractivity contribution in [3.8, 4) is 6.07 Å². The fourth-order valence-corrected chi connectivity index (χ4v) is 1.98. The Morgan fingerprint density at radius 3 is 2.89 bits per heavy atom. The van der Waals surface area contributed by atoms with E-state index in [-0.39, 0.29) is 23.5 Å². The SMILES string of the molecule is CCC(C)(C)NC(=O)C(C)N1CCNCC1C#N. The van der Waals surface area contributed by atoms with Crippen LogP contribution in [-0.2, 0) is 4.79 Å². The number of nitrogens with zero attached hydrogens (tertiary/aromatic N) is 2. The lowest BCUT2D eigenvalue weighted by atomic mass is 10.0. The number of carbonyl (C=O) groups is 1. The number of nitrogens with one attached hydrogen (secondary N) is 2. The van der Waals surface area contributed by atoms with Crippen molar-refractivity contribution in [3.63, 3.8) is 0 Å². The highest BCUT2D eigenvalue weighted by molar-refractivity contribution is 5.82. The molecule has 1 amide bonds. The van der Waals surface area contributed by atoms with Crippen LogP contribution >= 0.6 is 0 Å². The van der Waals surface area contributed by atoms with Gasteiger partial charge in [-0.15, -0.1) is 0 Å². The van der Waals surface area contributed by atoms with Gasteiger partial charge < -0.3 is 10.6 Å². The smallest absolute Gasteiger partial charge is 0.237 e. The average molecular weight is 252 g/mol. The second kappa shape index (κ2) is 6.17. The first kappa shape index (κ1) is 14.9. The molecule has 1 aliphatic rings. The molecule has 2 atom stereocenters. The Balaban J connectivity index is 2.65. The quantitative estimate of drug-likeness (QED) is 0.763. The van der Waals surface area contributed by atoms with E-state index in [2.05, 4.69) is 16.7 Å². The zero-order chi connectivity index (χ0) is 13.8. The van der Waals surface area contributed by atoms with Crippen molar-refractivity contribution in [3.05, 3.63) is 0 Å². The molecule has 0 aromatic rings. The summed E-state index contributed by atoms with van der Waals surface area (Å²) in [6.07, 6.45) is 0.884. The molecule has 18 heavy (non-hydrogen) atoms. The summed E-state index contributed by atoms with van der Waals surface area (Å²) >= 11 is 0. The summed E-state index contributed by atoms with van der Waals surface area (Å²) in [6.45, 7) is 10.1. The lowest BCUT2D eigenvalue weighted by Crippen LogP contribution is -2.59. The van der Waals surface area contributed by atoms with E-state index in [4.69, 9.17) is 5.26 Å². The summed E-state index contributed by atoms with van der Waals surface area (Å²) < 4.78 is 0. The number of amides is 1. The fourth-order valence-electron chi connectivity index (χ4n) is 1.98. The predicted octanol–water partition coefficient (Wildman–Crippen LogP) is 0.477. The Hall–Kier alpha value is -1.12. The number of hydrogen-bond acceptors (Lipinski definition) is 4. The maximum atomic E-state index is 12.2. The first-order chi connectivity index (χ1) is 8.41. The highest BCUT2D eigenvalue weighted by Gasteiger charge is 2.31. The van der Waals surface area contributed by atoms with Crippen LogP contribution in [0.5, 0.6) is 0 Å². The molecule has 0 radical (unpaired) electrons. The van der Waals surface area contributed by atoms with Gasteiger partial charge >= 0.3 is 0 Å². The molecule has 0 saturated carbocycles. The third-order valence-corrected chi connectivity index (χ3v) is 3.66. The van der Waals surface area contributed by atoms with Crippen LogP contribution in [0.25, 0.3) is 0 Å². The minimum absolute atomic E-state index is 0.00370. The van der Waals surface area contributed by atoms with Gasteiger partial charge in [0, 0.05) is 25.2 Å². The van der Waals surface area contributed by atoms with Gasteiger partial charge in [0.15, 0.2) is 0 Å². The van der Waals surface area contributed by atoms with Gasteiger partial charge in [-0.2, -0.15) is 5.26 Å². The van der Waals surface area contributed by atoms with Crippen molar-refractivity contribution in [2.45, 2.75) is 51.7 Å². The van der Waals surface area contributed by atoms with Crippen LogP contribution in [0, 0.1) is 11.3 Å². The van der Waals surface area contributed by atoms with Crippen molar-refractivity contribution >= 4 is 5.91 Å². The second-order valence-corrected chi connectivity index (χ2v) is 5.49. The Morgan fingerprint density at radius 1 is 1.67 bits per heavy atom. The van der Waals surface area contributed by atoms with Gasteiger partial charge in [-0.25, -0.2) is 0 Å². The highest BCUT2D eigenvalue weighted by atomic mass is 16.2. The molecule has 1 fully saturated rings. The summed E-state index contributed by atoms with van der Waals surface area (Å²) in [5, 5.41) is 15.3. The zero-order valence-corrected chi connectivity index (χ0v) is 11.8. The van der Waals surface area contributed by atoms with Gasteiger partial charge in [0.05, 0.1) is 12.1 Å². The Kier molecular flexibility index (Phi) is 5.12. The summed E-state index contributed by atoms with van der Waals surface area (Å²) in [7, 11) is 0. The van der Waals surface area contributed by atoms with Crippen LogP contribution < -0.4 is 10.6 Å². The molecule has 1 saturated heterocycles. The lowest BCUT2D eigenvalue weighted by molar-refractivity contribution is -0.128. The summed E-state index contributed by atoms with van der Waals surface area (Å²) in [5.41, 5.74) is -0.193. The molecule has 5 nitrogen and oxygen atoms in total. The van der Waals surface area contributed by atoms with Crippen molar-refractivity contribution in [1.82, 2.24) is 15.5 Å². The first-order valence-corrected chi connectivity index (χ1v) is 6.59. The predicted molar refractivity (Wildman–Crippen MR) is 71.0 cm³/mol. The minimum atomic E-state index is -0.262. The molecular formula is C13H24N4O. The Labute approximate surface area is 110 Å². The van der Waals surface area contributed by atoms with Crippen molar-refractivity contribution in [2.75, 3.05) is 19.6 Å². The maximum Gasteiger partial charge on any atom is 0.237 e. The standard InChI is InChI=1S/C13H24N4O/c1-5-13(3,4)16-12(18)10(2)17-7-6-15-9-11(17)8-14/h10-11,15H,5-7,9H2,1-4H3,(H,16,18). The largest absolute Gasteiger partial charge is 0.350 e. The Bertz CT molecular complexity index is 334. The summed E-state index contributed by atoms with van der Waals surface area (Å²) in [4.78, 5) is 14.2. The number of rotatable bonds is 4. The van der Waals surface area contributed by atoms with Crippen LogP contribution in [-0.4, -0.2) is 48.1 Å². The average Bonchev–Trinajstić information content (AvgIpc) is 2.37. The van der Waals surface area contributed by atoms with Crippen molar-refractivity contribution in [2.24, 2.45) is 0 Å². The van der Waals surface area contributed by atoms with Crippen LogP contribution in [0.15, 0.2) is 0 Å². The van der Waals surface area contributed by atoms with E-state index < -0.39 is 0 Å². The normalized spacial score (nSPS) is 23.2. The van der Waals surface area contributed by atoms with Gasteiger partial charge in [-0.05, 0) is 27.2 Å². The molecule has 1 rings (SSSR count). The van der Waals surface area contributed by atoms with E-state index in [1.807, 2.05) is 32.6 Å². The molecule has 2 N–H and O–H groups in total. The number of hydrogen-bond donors (Lipinski definition) is 2. The molecule has 1 aliphatic heterocycles. The Morgan fingerprint density at radius 2 is 2.33 bits per heavy atom. The van der Waals surface area contributed by atoms with Gasteiger partial charge in [0.25, 0.3) is 0 Å². The molecule has 2 unspecified atom stereocenters. The summed E-state index contributed by atoms with van der Waals surface area (Å²) in [5.74, 6) is 0.00370. The molecule has 0 spiro atoms. The van der Waals surface area contributed by atoms with Crippen LogP contribution in [0.1, 0.15) is 34.1 Å². The van der Waals surface area contributed by atoms with Crippen LogP contribution in [0.4, 0.5) is 0 Å². The molecular weight excluding hydrogens is 228 g/mol. The molecule has 0 aliphatic carbocycles. The third-order valence-electron chi connectivity index (χ3n) is 3.66. The number of carbonyl (C=O) groups excluding carboxylic acids is 1. The van der Waals surface area contributed by atoms with Gasteiger partial charge in [0.1, 0.15) is 6.04 Å². The highest BCUT2D eigenvalue weighted by Crippen LogP contribution is 2.12. The fraction of sp³-hybridized carbons (Fsp3) is 0.846. The molecule has 1 heterocycles. The van der Waals surface area contributed by atoms with E-state index in [1.54, 1.807) is 0 Å². The summed E-state index contributed by atoms with van der Waals surface area (Å²) in [6, 6.07) is 1.77.